The number of aromatic nitrogens is 1. The topological polar surface area (TPSA) is 51.2 Å². The highest BCUT2D eigenvalue weighted by atomic mass is 16.5. The summed E-state index contributed by atoms with van der Waals surface area (Å²) in [7, 11) is 0. The third kappa shape index (κ3) is 3.48. The molecule has 0 bridgehead atoms. The second-order valence-electron chi connectivity index (χ2n) is 4.88. The van der Waals surface area contributed by atoms with Gasteiger partial charge in [0.1, 0.15) is 5.75 Å². The van der Waals surface area contributed by atoms with Gasteiger partial charge in [-0.25, -0.2) is 0 Å². The summed E-state index contributed by atoms with van der Waals surface area (Å²) in [6.45, 7) is 1.23. The third-order valence-electron chi connectivity index (χ3n) is 3.33. The van der Waals surface area contributed by atoms with Gasteiger partial charge in [0.25, 0.3) is 0 Å². The van der Waals surface area contributed by atoms with Crippen LogP contribution in [-0.2, 0) is 17.8 Å². The zero-order valence-electron chi connectivity index (χ0n) is 11.6. The second-order valence-corrected chi connectivity index (χ2v) is 4.88. The van der Waals surface area contributed by atoms with Crippen molar-refractivity contribution >= 4 is 12.0 Å². The highest BCUT2D eigenvalue weighted by Crippen LogP contribution is 2.26. The van der Waals surface area contributed by atoms with Gasteiger partial charge in [-0.3, -0.25) is 9.78 Å². The molecule has 4 heteroatoms. The molecule has 4 nitrogen and oxygen atoms in total. The van der Waals surface area contributed by atoms with Crippen LogP contribution < -0.4 is 10.1 Å². The predicted molar refractivity (Wildman–Crippen MR) is 80.8 cm³/mol. The molecular formula is C17H16N2O2. The smallest absolute Gasteiger partial charge is 0.244 e. The third-order valence-corrected chi connectivity index (χ3v) is 3.33. The fourth-order valence-electron chi connectivity index (χ4n) is 2.23. The predicted octanol–water partition coefficient (Wildman–Crippen LogP) is 2.35. The maximum atomic E-state index is 11.8. The normalized spacial score (nSPS) is 13.0. The molecular weight excluding hydrogens is 264 g/mol. The van der Waals surface area contributed by atoms with E-state index >= 15 is 0 Å². The molecule has 1 N–H and O–H groups in total. The molecule has 0 saturated heterocycles. The second kappa shape index (κ2) is 6.22. The van der Waals surface area contributed by atoms with Gasteiger partial charge in [0.15, 0.2) is 0 Å². The van der Waals surface area contributed by atoms with Crippen LogP contribution >= 0.6 is 0 Å². The van der Waals surface area contributed by atoms with Crippen molar-refractivity contribution in [3.05, 3.63) is 65.5 Å². The van der Waals surface area contributed by atoms with Crippen molar-refractivity contribution in [3.8, 4) is 5.75 Å². The summed E-state index contributed by atoms with van der Waals surface area (Å²) in [4.78, 5) is 15.8. The Bertz CT molecular complexity index is 666. The first-order chi connectivity index (χ1) is 10.3. The number of rotatable bonds is 4. The Kier molecular flexibility index (Phi) is 3.96. The van der Waals surface area contributed by atoms with Crippen LogP contribution in [0.4, 0.5) is 0 Å². The van der Waals surface area contributed by atoms with Gasteiger partial charge in [-0.1, -0.05) is 12.1 Å². The SMILES string of the molecule is O=C(/C=C/c1ccc2c(c1)CCO2)NCc1cccnc1. The first kappa shape index (κ1) is 13.4. The Morgan fingerprint density at radius 3 is 3.19 bits per heavy atom. The number of hydrogen-bond acceptors (Lipinski definition) is 3. The van der Waals surface area contributed by atoms with Crippen molar-refractivity contribution in [3.63, 3.8) is 0 Å². The number of nitrogens with one attached hydrogen (secondary N) is 1. The lowest BCUT2D eigenvalue weighted by atomic mass is 10.1. The highest BCUT2D eigenvalue weighted by Gasteiger charge is 2.11. The molecule has 1 aromatic heterocycles. The number of carbonyl (C=O) groups excluding carboxylic acids is 1. The van der Waals surface area contributed by atoms with Crippen molar-refractivity contribution in [1.29, 1.82) is 0 Å². The molecule has 1 amide bonds. The molecule has 1 aliphatic heterocycles. The number of fused-ring (bicyclic) bond motifs is 1. The molecule has 0 atom stereocenters. The van der Waals surface area contributed by atoms with Crippen LogP contribution in [0.2, 0.25) is 0 Å². The van der Waals surface area contributed by atoms with Crippen LogP contribution in [-0.4, -0.2) is 17.5 Å². The summed E-state index contributed by atoms with van der Waals surface area (Å²) >= 11 is 0. The van der Waals surface area contributed by atoms with E-state index in [0.29, 0.717) is 6.54 Å². The van der Waals surface area contributed by atoms with E-state index in [-0.39, 0.29) is 5.91 Å². The van der Waals surface area contributed by atoms with Crippen LogP contribution in [0.1, 0.15) is 16.7 Å². The Labute approximate surface area is 123 Å². The average molecular weight is 280 g/mol. The number of nitrogens with zero attached hydrogens (tertiary/aromatic N) is 1. The van der Waals surface area contributed by atoms with Gasteiger partial charge in [-0.2, -0.15) is 0 Å². The van der Waals surface area contributed by atoms with Crippen molar-refractivity contribution in [2.45, 2.75) is 13.0 Å². The minimum Gasteiger partial charge on any atom is -0.493 e. The summed E-state index contributed by atoms with van der Waals surface area (Å²) in [5, 5.41) is 2.83. The van der Waals surface area contributed by atoms with Gasteiger partial charge in [-0.05, 0) is 41.0 Å². The van der Waals surface area contributed by atoms with E-state index in [9.17, 15) is 4.79 Å². The van der Waals surface area contributed by atoms with Gasteiger partial charge in [0, 0.05) is 31.4 Å². The zero-order valence-corrected chi connectivity index (χ0v) is 11.6. The minimum atomic E-state index is -0.115. The van der Waals surface area contributed by atoms with Crippen LogP contribution in [0, 0.1) is 0 Å². The van der Waals surface area contributed by atoms with E-state index in [4.69, 9.17) is 4.74 Å². The maximum Gasteiger partial charge on any atom is 0.244 e. The average Bonchev–Trinajstić information content (AvgIpc) is 2.99. The molecule has 1 aliphatic rings. The van der Waals surface area contributed by atoms with Gasteiger partial charge in [0.2, 0.25) is 5.91 Å². The molecule has 106 valence electrons. The molecule has 2 aromatic rings. The number of amides is 1. The van der Waals surface area contributed by atoms with Gasteiger partial charge in [0.05, 0.1) is 6.61 Å². The molecule has 21 heavy (non-hydrogen) atoms. The van der Waals surface area contributed by atoms with Crippen molar-refractivity contribution in [2.75, 3.05) is 6.61 Å². The molecule has 3 rings (SSSR count). The lowest BCUT2D eigenvalue weighted by Gasteiger charge is -2.02. The molecule has 1 aromatic carbocycles. The minimum absolute atomic E-state index is 0.115. The fraction of sp³-hybridized carbons (Fsp3) is 0.176. The van der Waals surface area contributed by atoms with Crippen molar-refractivity contribution in [1.82, 2.24) is 10.3 Å². The van der Waals surface area contributed by atoms with Crippen LogP contribution in [0.25, 0.3) is 6.08 Å². The number of pyridine rings is 1. The van der Waals surface area contributed by atoms with E-state index in [2.05, 4.69) is 16.4 Å². The van der Waals surface area contributed by atoms with Crippen molar-refractivity contribution < 1.29 is 9.53 Å². The van der Waals surface area contributed by atoms with Gasteiger partial charge in [-0.15, -0.1) is 0 Å². The fourth-order valence-corrected chi connectivity index (χ4v) is 2.23. The van der Waals surface area contributed by atoms with Crippen LogP contribution in [0.3, 0.4) is 0 Å². The molecule has 0 fully saturated rings. The zero-order chi connectivity index (χ0) is 14.5. The summed E-state index contributed by atoms with van der Waals surface area (Å²) in [6.07, 6.45) is 7.75. The Balaban J connectivity index is 1.57. The van der Waals surface area contributed by atoms with Gasteiger partial charge >= 0.3 is 0 Å². The standard InChI is InChI=1S/C17H16N2O2/c20-17(19-12-14-2-1-8-18-11-14)6-4-13-3-5-16-15(10-13)7-9-21-16/h1-6,8,10-11H,7,9,12H2,(H,19,20)/b6-4+. The van der Waals surface area contributed by atoms with Crippen molar-refractivity contribution in [2.24, 2.45) is 0 Å². The summed E-state index contributed by atoms with van der Waals surface area (Å²) in [5.41, 5.74) is 3.19. The van der Waals surface area contributed by atoms with E-state index in [1.54, 1.807) is 18.5 Å². The summed E-state index contributed by atoms with van der Waals surface area (Å²) < 4.78 is 5.46. The van der Waals surface area contributed by atoms with Crippen LogP contribution in [0.5, 0.6) is 5.75 Å². The number of benzene rings is 1. The van der Waals surface area contributed by atoms with E-state index < -0.39 is 0 Å². The Hall–Kier alpha value is -2.62. The number of carbonyl (C=O) groups is 1. The number of hydrogen-bond donors (Lipinski definition) is 1. The quantitative estimate of drug-likeness (QED) is 0.875. The van der Waals surface area contributed by atoms with E-state index in [1.165, 1.54) is 5.56 Å². The molecule has 0 saturated carbocycles. The Morgan fingerprint density at radius 2 is 2.33 bits per heavy atom. The van der Waals surface area contributed by atoms with Crippen LogP contribution in [0.15, 0.2) is 48.8 Å². The lowest BCUT2D eigenvalue weighted by Crippen LogP contribution is -2.20. The maximum absolute atomic E-state index is 11.8. The van der Waals surface area contributed by atoms with E-state index in [0.717, 1.165) is 29.9 Å². The number of ether oxygens (including phenoxy) is 1. The monoisotopic (exact) mass is 280 g/mol. The summed E-state index contributed by atoms with van der Waals surface area (Å²) in [5.74, 6) is 0.837. The Morgan fingerprint density at radius 1 is 1.38 bits per heavy atom. The molecule has 2 heterocycles. The highest BCUT2D eigenvalue weighted by molar-refractivity contribution is 5.91. The largest absolute Gasteiger partial charge is 0.493 e. The molecule has 0 unspecified atom stereocenters. The lowest BCUT2D eigenvalue weighted by molar-refractivity contribution is -0.116. The molecule has 0 aliphatic carbocycles. The first-order valence-electron chi connectivity index (χ1n) is 6.92. The van der Waals surface area contributed by atoms with Gasteiger partial charge < -0.3 is 10.1 Å². The first-order valence-corrected chi connectivity index (χ1v) is 6.92. The summed E-state index contributed by atoms with van der Waals surface area (Å²) in [6, 6.07) is 9.75. The molecule has 0 spiro atoms. The molecule has 0 radical (unpaired) electrons. The van der Waals surface area contributed by atoms with E-state index in [1.807, 2.05) is 30.3 Å².